The van der Waals surface area contributed by atoms with Crippen LogP contribution in [0, 0.1) is 5.82 Å². The third kappa shape index (κ3) is 6.03. The van der Waals surface area contributed by atoms with E-state index in [1.54, 1.807) is 30.3 Å². The van der Waals surface area contributed by atoms with E-state index in [1.807, 2.05) is 0 Å². The van der Waals surface area contributed by atoms with Crippen molar-refractivity contribution >= 4 is 38.9 Å². The lowest BCUT2D eigenvalue weighted by Crippen LogP contribution is -2.31. The Morgan fingerprint density at radius 2 is 1.88 bits per heavy atom. The van der Waals surface area contributed by atoms with Gasteiger partial charge in [-0.25, -0.2) is 12.8 Å². The van der Waals surface area contributed by atoms with E-state index in [-0.39, 0.29) is 18.9 Å². The van der Waals surface area contributed by atoms with Crippen molar-refractivity contribution in [3.63, 3.8) is 0 Å². The topological polar surface area (TPSA) is 66.5 Å². The molecule has 0 radical (unpaired) electrons. The molecule has 0 aromatic heterocycles. The Hall–Kier alpha value is -2.12. The van der Waals surface area contributed by atoms with Gasteiger partial charge < -0.3 is 5.32 Å². The van der Waals surface area contributed by atoms with Crippen LogP contribution in [0.4, 0.5) is 15.8 Å². The Morgan fingerprint density at radius 3 is 2.48 bits per heavy atom. The minimum atomic E-state index is -3.48. The normalized spacial score (nSPS) is 11.2. The second kappa shape index (κ2) is 8.31. The van der Waals surface area contributed by atoms with Gasteiger partial charge in [0.15, 0.2) is 0 Å². The molecule has 0 aliphatic heterocycles. The number of halogens is 2. The van der Waals surface area contributed by atoms with Gasteiger partial charge in [0, 0.05) is 23.7 Å². The minimum Gasteiger partial charge on any atom is -0.326 e. The van der Waals surface area contributed by atoms with Crippen LogP contribution >= 0.6 is 11.6 Å². The van der Waals surface area contributed by atoms with Gasteiger partial charge in [0.1, 0.15) is 5.82 Å². The van der Waals surface area contributed by atoms with Crippen molar-refractivity contribution in [1.29, 1.82) is 0 Å². The summed E-state index contributed by atoms with van der Waals surface area (Å²) in [5.74, 6) is -0.751. The molecular weight excluding hydrogens is 367 g/mol. The average Bonchev–Trinajstić information content (AvgIpc) is 2.51. The molecule has 0 aliphatic carbocycles. The lowest BCUT2D eigenvalue weighted by atomic mass is 10.2. The molecule has 2 aromatic rings. The minimum absolute atomic E-state index is 0.107. The first-order valence-corrected chi connectivity index (χ1v) is 9.77. The Labute approximate surface area is 151 Å². The van der Waals surface area contributed by atoms with Gasteiger partial charge in [-0.05, 0) is 48.9 Å². The number of nitrogens with zero attached hydrogens (tertiary/aromatic N) is 1. The molecule has 134 valence electrons. The van der Waals surface area contributed by atoms with E-state index in [0.29, 0.717) is 22.8 Å². The van der Waals surface area contributed by atoms with Crippen molar-refractivity contribution in [2.24, 2.45) is 0 Å². The highest BCUT2D eigenvalue weighted by atomic mass is 35.5. The Bertz CT molecular complexity index is 841. The first-order chi connectivity index (χ1) is 11.8. The first-order valence-electron chi connectivity index (χ1n) is 7.54. The Morgan fingerprint density at radius 1 is 1.20 bits per heavy atom. The van der Waals surface area contributed by atoms with Crippen LogP contribution in [0.1, 0.15) is 12.8 Å². The third-order valence-electron chi connectivity index (χ3n) is 3.39. The molecular formula is C17H18ClFN2O3S. The maximum Gasteiger partial charge on any atom is 0.232 e. The second-order valence-electron chi connectivity index (χ2n) is 5.47. The number of hydrogen-bond acceptors (Lipinski definition) is 3. The van der Waals surface area contributed by atoms with Crippen molar-refractivity contribution in [2.45, 2.75) is 12.8 Å². The van der Waals surface area contributed by atoms with Crippen LogP contribution in [0.3, 0.4) is 0 Å². The van der Waals surface area contributed by atoms with Gasteiger partial charge in [0.2, 0.25) is 15.9 Å². The van der Waals surface area contributed by atoms with E-state index >= 15 is 0 Å². The van der Waals surface area contributed by atoms with Crippen LogP contribution < -0.4 is 9.62 Å². The number of anilines is 2. The van der Waals surface area contributed by atoms with Crippen molar-refractivity contribution in [2.75, 3.05) is 22.4 Å². The summed E-state index contributed by atoms with van der Waals surface area (Å²) in [6.07, 6.45) is 1.53. The standard InChI is InChI=1S/C17H18ClFN2O3S/c1-25(23,24)21(16-9-7-13(18)8-10-16)11-3-6-17(22)20-15-5-2-4-14(19)12-15/h2,4-5,7-10,12H,3,6,11H2,1H3,(H,20,22). The lowest BCUT2D eigenvalue weighted by Gasteiger charge is -2.22. The average molecular weight is 385 g/mol. The molecule has 0 aliphatic rings. The number of carbonyl (C=O) groups is 1. The summed E-state index contributed by atoms with van der Waals surface area (Å²) in [7, 11) is -3.48. The van der Waals surface area contributed by atoms with Crippen molar-refractivity contribution < 1.29 is 17.6 Å². The molecule has 0 unspecified atom stereocenters. The van der Waals surface area contributed by atoms with Crippen molar-refractivity contribution in [3.05, 3.63) is 59.4 Å². The SMILES string of the molecule is CS(=O)(=O)N(CCCC(=O)Nc1cccc(F)c1)c1ccc(Cl)cc1. The van der Waals surface area contributed by atoms with Gasteiger partial charge >= 0.3 is 0 Å². The summed E-state index contributed by atoms with van der Waals surface area (Å²) >= 11 is 5.82. The summed E-state index contributed by atoms with van der Waals surface area (Å²) in [6.45, 7) is 0.150. The monoisotopic (exact) mass is 384 g/mol. The fourth-order valence-electron chi connectivity index (χ4n) is 2.27. The van der Waals surface area contributed by atoms with Crippen molar-refractivity contribution in [3.8, 4) is 0 Å². The van der Waals surface area contributed by atoms with Crippen LogP contribution in [-0.2, 0) is 14.8 Å². The van der Waals surface area contributed by atoms with Gasteiger partial charge in [0.25, 0.3) is 0 Å². The maximum atomic E-state index is 13.1. The Balaban J connectivity index is 1.95. The molecule has 0 heterocycles. The van der Waals surface area contributed by atoms with E-state index in [2.05, 4.69) is 5.32 Å². The lowest BCUT2D eigenvalue weighted by molar-refractivity contribution is -0.116. The number of sulfonamides is 1. The van der Waals surface area contributed by atoms with E-state index in [0.717, 1.165) is 6.26 Å². The van der Waals surface area contributed by atoms with E-state index < -0.39 is 15.8 Å². The van der Waals surface area contributed by atoms with Gasteiger partial charge in [-0.1, -0.05) is 17.7 Å². The summed E-state index contributed by atoms with van der Waals surface area (Å²) < 4.78 is 38.3. The molecule has 1 N–H and O–H groups in total. The molecule has 0 saturated heterocycles. The highest BCUT2D eigenvalue weighted by Crippen LogP contribution is 2.21. The van der Waals surface area contributed by atoms with Crippen molar-refractivity contribution in [1.82, 2.24) is 0 Å². The molecule has 0 fully saturated rings. The van der Waals surface area contributed by atoms with Gasteiger partial charge in [0.05, 0.1) is 11.9 Å². The summed E-state index contributed by atoms with van der Waals surface area (Å²) in [6, 6.07) is 12.0. The predicted octanol–water partition coefficient (Wildman–Crippen LogP) is 3.66. The number of benzene rings is 2. The van der Waals surface area contributed by atoms with Gasteiger partial charge in [-0.15, -0.1) is 0 Å². The van der Waals surface area contributed by atoms with Crippen LogP contribution in [0.2, 0.25) is 5.02 Å². The van der Waals surface area contributed by atoms with Gasteiger partial charge in [-0.3, -0.25) is 9.10 Å². The van der Waals surface area contributed by atoms with Gasteiger partial charge in [-0.2, -0.15) is 0 Å². The number of rotatable bonds is 7. The number of carbonyl (C=O) groups excluding carboxylic acids is 1. The summed E-state index contributed by atoms with van der Waals surface area (Å²) in [5.41, 5.74) is 0.847. The van der Waals surface area contributed by atoms with Crippen LogP contribution in [-0.4, -0.2) is 27.1 Å². The van der Waals surface area contributed by atoms with E-state index in [9.17, 15) is 17.6 Å². The third-order valence-corrected chi connectivity index (χ3v) is 4.83. The van der Waals surface area contributed by atoms with E-state index in [4.69, 9.17) is 11.6 Å². The quantitative estimate of drug-likeness (QED) is 0.792. The zero-order chi connectivity index (χ0) is 18.4. The molecule has 25 heavy (non-hydrogen) atoms. The Kier molecular flexibility index (Phi) is 6.39. The maximum absolute atomic E-state index is 13.1. The molecule has 5 nitrogen and oxygen atoms in total. The number of amides is 1. The molecule has 0 atom stereocenters. The number of nitrogens with one attached hydrogen (secondary N) is 1. The molecule has 2 aromatic carbocycles. The molecule has 0 spiro atoms. The smallest absolute Gasteiger partial charge is 0.232 e. The largest absolute Gasteiger partial charge is 0.326 e. The first kappa shape index (κ1) is 19.2. The van der Waals surface area contributed by atoms with E-state index in [1.165, 1.54) is 22.5 Å². The van der Waals surface area contributed by atoms with Crippen LogP contribution in [0.5, 0.6) is 0 Å². The predicted molar refractivity (Wildman–Crippen MR) is 97.9 cm³/mol. The molecule has 1 amide bonds. The van der Waals surface area contributed by atoms with Crippen LogP contribution in [0.25, 0.3) is 0 Å². The zero-order valence-corrected chi connectivity index (χ0v) is 15.1. The molecule has 0 bridgehead atoms. The second-order valence-corrected chi connectivity index (χ2v) is 7.82. The summed E-state index contributed by atoms with van der Waals surface area (Å²) in [5, 5.41) is 3.08. The molecule has 8 heteroatoms. The summed E-state index contributed by atoms with van der Waals surface area (Å²) in [4.78, 5) is 11.9. The fourth-order valence-corrected chi connectivity index (χ4v) is 3.36. The fraction of sp³-hybridized carbons (Fsp3) is 0.235. The highest BCUT2D eigenvalue weighted by Gasteiger charge is 2.17. The number of hydrogen-bond donors (Lipinski definition) is 1. The zero-order valence-electron chi connectivity index (χ0n) is 13.6. The highest BCUT2D eigenvalue weighted by molar-refractivity contribution is 7.92. The molecule has 2 rings (SSSR count). The van der Waals surface area contributed by atoms with Crippen LogP contribution in [0.15, 0.2) is 48.5 Å². The molecule has 0 saturated carbocycles.